The molecule has 3 rings (SSSR count). The Hall–Kier alpha value is -3.25. The summed E-state index contributed by atoms with van der Waals surface area (Å²) in [5.74, 6) is 2.25. The van der Waals surface area contributed by atoms with Crippen molar-refractivity contribution in [2.75, 3.05) is 7.11 Å². The predicted octanol–water partition coefficient (Wildman–Crippen LogP) is 5.63. The Morgan fingerprint density at radius 1 is 0.963 bits per heavy atom. The molecule has 3 aromatic carbocycles. The fourth-order valence-electron chi connectivity index (χ4n) is 2.37. The van der Waals surface area contributed by atoms with Gasteiger partial charge in [0.25, 0.3) is 5.69 Å². The third kappa shape index (κ3) is 4.68. The number of hydrogen-bond donors (Lipinski definition) is 0. The molecule has 0 aliphatic heterocycles. The molecule has 3 aromatic rings. The first kappa shape index (κ1) is 18.5. The van der Waals surface area contributed by atoms with E-state index in [4.69, 9.17) is 25.8 Å². The third-order valence-electron chi connectivity index (χ3n) is 3.74. The van der Waals surface area contributed by atoms with Crippen molar-refractivity contribution in [1.29, 1.82) is 0 Å². The van der Waals surface area contributed by atoms with Gasteiger partial charge in [-0.3, -0.25) is 10.1 Å². The number of halogens is 1. The van der Waals surface area contributed by atoms with Crippen molar-refractivity contribution in [3.63, 3.8) is 0 Å². The van der Waals surface area contributed by atoms with E-state index in [1.807, 2.05) is 36.4 Å². The molecule has 6 nitrogen and oxygen atoms in total. The smallest absolute Gasteiger partial charge is 0.271 e. The van der Waals surface area contributed by atoms with Gasteiger partial charge in [-0.1, -0.05) is 35.9 Å². The number of hydrogen-bond acceptors (Lipinski definition) is 5. The summed E-state index contributed by atoms with van der Waals surface area (Å²) < 4.78 is 16.7. The SMILES string of the molecule is COc1ccccc1OCc1ccc(Oc2ccc([N+](=O)[O-])cc2Cl)cc1. The topological polar surface area (TPSA) is 70.8 Å². The zero-order valence-electron chi connectivity index (χ0n) is 14.4. The second-order valence-electron chi connectivity index (χ2n) is 5.56. The monoisotopic (exact) mass is 385 g/mol. The molecule has 0 radical (unpaired) electrons. The van der Waals surface area contributed by atoms with Gasteiger partial charge < -0.3 is 14.2 Å². The molecule has 7 heteroatoms. The summed E-state index contributed by atoms with van der Waals surface area (Å²) in [5.41, 5.74) is 0.860. The van der Waals surface area contributed by atoms with Crippen LogP contribution >= 0.6 is 11.6 Å². The van der Waals surface area contributed by atoms with Gasteiger partial charge in [-0.05, 0) is 35.9 Å². The van der Waals surface area contributed by atoms with Crippen LogP contribution in [0.1, 0.15) is 5.56 Å². The molecular weight excluding hydrogens is 370 g/mol. The Morgan fingerprint density at radius 3 is 2.30 bits per heavy atom. The molecule has 0 unspecified atom stereocenters. The van der Waals surface area contributed by atoms with Gasteiger partial charge >= 0.3 is 0 Å². The molecule has 0 aliphatic carbocycles. The third-order valence-corrected chi connectivity index (χ3v) is 4.04. The Balaban J connectivity index is 1.64. The lowest BCUT2D eigenvalue weighted by Crippen LogP contribution is -1.97. The van der Waals surface area contributed by atoms with Gasteiger partial charge in [-0.2, -0.15) is 0 Å². The maximum Gasteiger partial charge on any atom is 0.271 e. The van der Waals surface area contributed by atoms with Gasteiger partial charge in [-0.15, -0.1) is 0 Å². The highest BCUT2D eigenvalue weighted by molar-refractivity contribution is 6.32. The molecular formula is C20H16ClNO5. The summed E-state index contributed by atoms with van der Waals surface area (Å²) in [7, 11) is 1.59. The minimum Gasteiger partial charge on any atom is -0.493 e. The van der Waals surface area contributed by atoms with E-state index >= 15 is 0 Å². The van der Waals surface area contributed by atoms with E-state index in [9.17, 15) is 10.1 Å². The van der Waals surface area contributed by atoms with Crippen molar-refractivity contribution in [1.82, 2.24) is 0 Å². The Bertz CT molecular complexity index is 943. The van der Waals surface area contributed by atoms with Crippen LogP contribution in [0, 0.1) is 10.1 Å². The van der Waals surface area contributed by atoms with E-state index in [1.54, 1.807) is 19.2 Å². The summed E-state index contributed by atoms with van der Waals surface area (Å²) in [6, 6.07) is 18.8. The van der Waals surface area contributed by atoms with Crippen LogP contribution in [0.25, 0.3) is 0 Å². The molecule has 0 saturated heterocycles. The van der Waals surface area contributed by atoms with Crippen LogP contribution in [0.15, 0.2) is 66.7 Å². The normalized spacial score (nSPS) is 10.3. The lowest BCUT2D eigenvalue weighted by Gasteiger charge is -2.11. The lowest BCUT2D eigenvalue weighted by atomic mass is 10.2. The Labute approximate surface area is 161 Å². The minimum absolute atomic E-state index is 0.0869. The van der Waals surface area contributed by atoms with Crippen molar-refractivity contribution in [2.24, 2.45) is 0 Å². The van der Waals surface area contributed by atoms with Crippen molar-refractivity contribution in [3.05, 3.63) is 87.4 Å². The average Bonchev–Trinajstić information content (AvgIpc) is 2.69. The standard InChI is InChI=1S/C20H16ClNO5/c1-25-19-4-2-3-5-20(19)26-13-14-6-9-16(10-7-14)27-18-11-8-15(22(23)24)12-17(18)21/h2-12H,13H2,1H3. The van der Waals surface area contributed by atoms with E-state index in [-0.39, 0.29) is 10.7 Å². The number of methoxy groups -OCH3 is 1. The van der Waals surface area contributed by atoms with Crippen LogP contribution in [0.3, 0.4) is 0 Å². The van der Waals surface area contributed by atoms with Crippen LogP contribution in [-0.4, -0.2) is 12.0 Å². The average molecular weight is 386 g/mol. The minimum atomic E-state index is -0.508. The fraction of sp³-hybridized carbons (Fsp3) is 0.100. The number of nitrogens with zero attached hydrogens (tertiary/aromatic N) is 1. The zero-order valence-corrected chi connectivity index (χ0v) is 15.2. The van der Waals surface area contributed by atoms with Gasteiger partial charge in [0.1, 0.15) is 18.1 Å². The van der Waals surface area contributed by atoms with Crippen LogP contribution in [0.4, 0.5) is 5.69 Å². The van der Waals surface area contributed by atoms with Gasteiger partial charge in [0.15, 0.2) is 11.5 Å². The molecule has 0 heterocycles. The number of non-ortho nitro benzene ring substituents is 1. The first-order valence-electron chi connectivity index (χ1n) is 8.03. The van der Waals surface area contributed by atoms with E-state index < -0.39 is 4.92 Å². The molecule has 0 aliphatic rings. The second kappa shape index (κ2) is 8.42. The highest BCUT2D eigenvalue weighted by Gasteiger charge is 2.11. The van der Waals surface area contributed by atoms with Crippen molar-refractivity contribution < 1.29 is 19.1 Å². The number of nitro groups is 1. The quantitative estimate of drug-likeness (QED) is 0.389. The highest BCUT2D eigenvalue weighted by atomic mass is 35.5. The van der Waals surface area contributed by atoms with Crippen LogP contribution in [0.5, 0.6) is 23.0 Å². The molecule has 0 amide bonds. The number of rotatable bonds is 7. The first-order valence-corrected chi connectivity index (χ1v) is 8.41. The molecule has 0 saturated carbocycles. The Morgan fingerprint density at radius 2 is 1.67 bits per heavy atom. The number of nitro benzene ring substituents is 1. The fourth-order valence-corrected chi connectivity index (χ4v) is 2.58. The van der Waals surface area contributed by atoms with E-state index in [0.717, 1.165) is 5.56 Å². The van der Waals surface area contributed by atoms with Crippen LogP contribution < -0.4 is 14.2 Å². The van der Waals surface area contributed by atoms with Crippen molar-refractivity contribution >= 4 is 17.3 Å². The lowest BCUT2D eigenvalue weighted by molar-refractivity contribution is -0.384. The van der Waals surface area contributed by atoms with E-state index in [0.29, 0.717) is 29.6 Å². The Kier molecular flexibility index (Phi) is 5.78. The maximum atomic E-state index is 10.8. The van der Waals surface area contributed by atoms with E-state index in [1.165, 1.54) is 18.2 Å². The molecule has 0 N–H and O–H groups in total. The molecule has 138 valence electrons. The molecule has 0 aromatic heterocycles. The molecule has 27 heavy (non-hydrogen) atoms. The zero-order chi connectivity index (χ0) is 19.2. The number of ether oxygens (including phenoxy) is 3. The van der Waals surface area contributed by atoms with Gasteiger partial charge in [0.2, 0.25) is 0 Å². The van der Waals surface area contributed by atoms with Crippen molar-refractivity contribution in [2.45, 2.75) is 6.61 Å². The van der Waals surface area contributed by atoms with E-state index in [2.05, 4.69) is 0 Å². The maximum absolute atomic E-state index is 10.8. The highest BCUT2D eigenvalue weighted by Crippen LogP contribution is 2.32. The molecule has 0 fully saturated rings. The largest absolute Gasteiger partial charge is 0.493 e. The van der Waals surface area contributed by atoms with Crippen molar-refractivity contribution in [3.8, 4) is 23.0 Å². The van der Waals surface area contributed by atoms with Gasteiger partial charge in [0.05, 0.1) is 17.1 Å². The summed E-state index contributed by atoms with van der Waals surface area (Å²) in [4.78, 5) is 10.2. The second-order valence-corrected chi connectivity index (χ2v) is 5.96. The molecule has 0 atom stereocenters. The summed E-state index contributed by atoms with van der Waals surface area (Å²) in [6.07, 6.45) is 0. The van der Waals surface area contributed by atoms with Gasteiger partial charge in [-0.25, -0.2) is 0 Å². The summed E-state index contributed by atoms with van der Waals surface area (Å²) >= 11 is 6.04. The summed E-state index contributed by atoms with van der Waals surface area (Å²) in [5, 5.41) is 10.9. The van der Waals surface area contributed by atoms with Crippen LogP contribution in [0.2, 0.25) is 5.02 Å². The first-order chi connectivity index (χ1) is 13.1. The number of benzene rings is 3. The number of para-hydroxylation sites is 2. The molecule has 0 spiro atoms. The predicted molar refractivity (Wildman–Crippen MR) is 102 cm³/mol. The van der Waals surface area contributed by atoms with Gasteiger partial charge in [0, 0.05) is 12.1 Å². The summed E-state index contributed by atoms with van der Waals surface area (Å²) in [6.45, 7) is 0.374. The molecule has 0 bridgehead atoms. The van der Waals surface area contributed by atoms with Crippen LogP contribution in [-0.2, 0) is 6.61 Å².